The van der Waals surface area contributed by atoms with Gasteiger partial charge in [-0.15, -0.1) is 0 Å². The SMILES string of the molecule is CCN(CC)CCN(C(=O)c1ccc(C(=O)c2ccccc2)cc1)c1nc2c(OC)ccc(C)c2s1. The van der Waals surface area contributed by atoms with Gasteiger partial charge in [0.05, 0.1) is 11.8 Å². The van der Waals surface area contributed by atoms with E-state index in [0.717, 1.165) is 35.4 Å². The Bertz CT molecular complexity index is 1350. The van der Waals surface area contributed by atoms with Gasteiger partial charge in [0.1, 0.15) is 11.3 Å². The third-order valence-electron chi connectivity index (χ3n) is 6.35. The largest absolute Gasteiger partial charge is 0.494 e. The predicted molar refractivity (Wildman–Crippen MR) is 147 cm³/mol. The highest BCUT2D eigenvalue weighted by Crippen LogP contribution is 2.36. The molecule has 0 saturated carbocycles. The van der Waals surface area contributed by atoms with Gasteiger partial charge in [-0.3, -0.25) is 14.5 Å². The Morgan fingerprint density at radius 3 is 2.14 bits per heavy atom. The van der Waals surface area contributed by atoms with Gasteiger partial charge in [0.15, 0.2) is 10.9 Å². The van der Waals surface area contributed by atoms with E-state index in [4.69, 9.17) is 9.72 Å². The van der Waals surface area contributed by atoms with Gasteiger partial charge in [-0.05, 0) is 43.8 Å². The second kappa shape index (κ2) is 11.5. The van der Waals surface area contributed by atoms with Crippen LogP contribution in [-0.2, 0) is 0 Å². The zero-order valence-electron chi connectivity index (χ0n) is 21.2. The maximum atomic E-state index is 13.8. The number of rotatable bonds is 10. The predicted octanol–water partition coefficient (Wildman–Crippen LogP) is 5.83. The first kappa shape index (κ1) is 25.5. The van der Waals surface area contributed by atoms with E-state index in [9.17, 15) is 9.59 Å². The third kappa shape index (κ3) is 5.32. The normalized spacial score (nSPS) is 11.1. The number of ketones is 1. The van der Waals surface area contributed by atoms with Gasteiger partial charge in [-0.1, -0.05) is 73.7 Å². The molecule has 1 heterocycles. The Balaban J connectivity index is 1.67. The minimum atomic E-state index is -0.142. The van der Waals surface area contributed by atoms with Crippen LogP contribution in [0.15, 0.2) is 66.7 Å². The van der Waals surface area contributed by atoms with Crippen LogP contribution >= 0.6 is 11.3 Å². The quantitative estimate of drug-likeness (QED) is 0.256. The number of ether oxygens (including phenoxy) is 1. The molecular formula is C29H31N3O3S. The van der Waals surface area contributed by atoms with Gasteiger partial charge in [-0.25, -0.2) is 4.98 Å². The molecule has 7 heteroatoms. The van der Waals surface area contributed by atoms with Crippen molar-refractivity contribution in [1.82, 2.24) is 9.88 Å². The second-order valence-corrected chi connectivity index (χ2v) is 9.49. The molecule has 0 aliphatic rings. The highest BCUT2D eigenvalue weighted by atomic mass is 32.1. The first-order valence-electron chi connectivity index (χ1n) is 12.1. The number of aromatic nitrogens is 1. The van der Waals surface area contributed by atoms with Crippen LogP contribution in [-0.4, -0.2) is 54.9 Å². The first-order valence-corrected chi connectivity index (χ1v) is 13.0. The van der Waals surface area contributed by atoms with E-state index in [1.165, 1.54) is 11.3 Å². The number of thiazole rings is 1. The van der Waals surface area contributed by atoms with Crippen LogP contribution in [0.2, 0.25) is 0 Å². The van der Waals surface area contributed by atoms with Gasteiger partial charge in [0, 0.05) is 29.8 Å². The molecule has 0 aliphatic heterocycles. The summed E-state index contributed by atoms with van der Waals surface area (Å²) in [7, 11) is 1.63. The molecule has 4 aromatic rings. The van der Waals surface area contributed by atoms with Gasteiger partial charge < -0.3 is 9.64 Å². The van der Waals surface area contributed by atoms with Crippen LogP contribution in [0.4, 0.5) is 5.13 Å². The maximum Gasteiger partial charge on any atom is 0.260 e. The van der Waals surface area contributed by atoms with Crippen LogP contribution in [0.1, 0.15) is 45.7 Å². The monoisotopic (exact) mass is 501 g/mol. The maximum absolute atomic E-state index is 13.8. The molecule has 0 atom stereocenters. The van der Waals surface area contributed by atoms with Crippen molar-refractivity contribution in [3.05, 3.63) is 89.0 Å². The number of aryl methyl sites for hydroxylation is 1. The number of carbonyl (C=O) groups is 2. The van der Waals surface area contributed by atoms with Gasteiger partial charge in [0.2, 0.25) is 0 Å². The summed E-state index contributed by atoms with van der Waals surface area (Å²) in [5.74, 6) is 0.483. The number of nitrogens with zero attached hydrogens (tertiary/aromatic N) is 3. The average Bonchev–Trinajstić information content (AvgIpc) is 3.37. The average molecular weight is 502 g/mol. The molecule has 0 N–H and O–H groups in total. The van der Waals surface area contributed by atoms with Crippen LogP contribution in [0, 0.1) is 6.92 Å². The topological polar surface area (TPSA) is 62.7 Å². The number of benzene rings is 3. The minimum Gasteiger partial charge on any atom is -0.494 e. The molecule has 4 rings (SSSR count). The van der Waals surface area contributed by atoms with E-state index in [1.54, 1.807) is 48.4 Å². The van der Waals surface area contributed by atoms with Gasteiger partial charge in [0.25, 0.3) is 5.91 Å². The number of anilines is 1. The van der Waals surface area contributed by atoms with Crippen molar-refractivity contribution < 1.29 is 14.3 Å². The number of hydrogen-bond acceptors (Lipinski definition) is 6. The molecule has 0 radical (unpaired) electrons. The van der Waals surface area contributed by atoms with Crippen molar-refractivity contribution in [2.24, 2.45) is 0 Å². The minimum absolute atomic E-state index is 0.0678. The summed E-state index contributed by atoms with van der Waals surface area (Å²) in [6, 6.07) is 19.9. The van der Waals surface area contributed by atoms with Crippen molar-refractivity contribution in [1.29, 1.82) is 0 Å². The van der Waals surface area contributed by atoms with Crippen molar-refractivity contribution in [2.75, 3.05) is 38.2 Å². The molecule has 36 heavy (non-hydrogen) atoms. The molecule has 0 spiro atoms. The van der Waals surface area contributed by atoms with Gasteiger partial charge >= 0.3 is 0 Å². The summed E-state index contributed by atoms with van der Waals surface area (Å²) in [5, 5.41) is 0.638. The Morgan fingerprint density at radius 1 is 0.861 bits per heavy atom. The number of fused-ring (bicyclic) bond motifs is 1. The van der Waals surface area contributed by atoms with Crippen LogP contribution in [0.5, 0.6) is 5.75 Å². The number of carbonyl (C=O) groups excluding carboxylic acids is 2. The zero-order chi connectivity index (χ0) is 25.7. The van der Waals surface area contributed by atoms with Crippen molar-refractivity contribution in [2.45, 2.75) is 20.8 Å². The van der Waals surface area contributed by atoms with Gasteiger partial charge in [-0.2, -0.15) is 0 Å². The molecule has 0 bridgehead atoms. The van der Waals surface area contributed by atoms with E-state index in [-0.39, 0.29) is 11.7 Å². The highest BCUT2D eigenvalue weighted by molar-refractivity contribution is 7.22. The lowest BCUT2D eigenvalue weighted by molar-refractivity contribution is 0.0981. The fourth-order valence-electron chi connectivity index (χ4n) is 4.12. The summed E-state index contributed by atoms with van der Waals surface area (Å²) >= 11 is 1.50. The second-order valence-electron chi connectivity index (χ2n) is 8.52. The summed E-state index contributed by atoms with van der Waals surface area (Å²) in [5.41, 5.74) is 3.54. The summed E-state index contributed by atoms with van der Waals surface area (Å²) < 4.78 is 6.53. The van der Waals surface area contributed by atoms with Crippen molar-refractivity contribution in [3.63, 3.8) is 0 Å². The van der Waals surface area contributed by atoms with E-state index < -0.39 is 0 Å². The standard InChI is InChI=1S/C29H31N3O3S/c1-5-31(6-2)18-19-32(29-30-25-24(35-4)17-12-20(3)27(25)36-29)28(34)23-15-13-22(14-16-23)26(33)21-10-8-7-9-11-21/h7-17H,5-6,18-19H2,1-4H3. The van der Waals surface area contributed by atoms with Crippen molar-refractivity contribution in [3.8, 4) is 5.75 Å². The molecular weight excluding hydrogens is 470 g/mol. The highest BCUT2D eigenvalue weighted by Gasteiger charge is 2.24. The lowest BCUT2D eigenvalue weighted by Crippen LogP contribution is -2.38. The Hall–Kier alpha value is -3.55. The zero-order valence-corrected chi connectivity index (χ0v) is 22.0. The molecule has 0 aliphatic carbocycles. The molecule has 1 aromatic heterocycles. The van der Waals surface area contributed by atoms with Crippen LogP contribution < -0.4 is 9.64 Å². The first-order chi connectivity index (χ1) is 17.5. The van der Waals surface area contributed by atoms with Crippen LogP contribution in [0.25, 0.3) is 10.2 Å². The molecule has 1 amide bonds. The summed E-state index contributed by atoms with van der Waals surface area (Å²) in [6.07, 6.45) is 0. The number of methoxy groups -OCH3 is 1. The molecule has 0 unspecified atom stereocenters. The molecule has 0 saturated heterocycles. The summed E-state index contributed by atoms with van der Waals surface area (Å²) in [4.78, 5) is 35.4. The third-order valence-corrected chi connectivity index (χ3v) is 7.57. The lowest BCUT2D eigenvalue weighted by atomic mass is 10.0. The number of hydrogen-bond donors (Lipinski definition) is 0. The molecule has 0 fully saturated rings. The Labute approximate surface area is 216 Å². The Kier molecular flexibility index (Phi) is 8.13. The van der Waals surface area contributed by atoms with Crippen LogP contribution in [0.3, 0.4) is 0 Å². The lowest BCUT2D eigenvalue weighted by Gasteiger charge is -2.24. The number of likely N-dealkylation sites (N-methyl/N-ethyl adjacent to an activating group) is 1. The fourth-order valence-corrected chi connectivity index (χ4v) is 5.20. The molecule has 6 nitrogen and oxygen atoms in total. The van der Waals surface area contributed by atoms with E-state index in [1.807, 2.05) is 37.3 Å². The number of amides is 1. The van der Waals surface area contributed by atoms with E-state index in [2.05, 4.69) is 18.7 Å². The smallest absolute Gasteiger partial charge is 0.260 e. The fraction of sp³-hybridized carbons (Fsp3) is 0.276. The van der Waals surface area contributed by atoms with E-state index >= 15 is 0 Å². The van der Waals surface area contributed by atoms with E-state index in [0.29, 0.717) is 34.1 Å². The van der Waals surface area contributed by atoms with Crippen molar-refractivity contribution >= 4 is 38.4 Å². The molecule has 186 valence electrons. The molecule has 3 aromatic carbocycles. The summed E-state index contributed by atoms with van der Waals surface area (Å²) in [6.45, 7) is 9.31. The Morgan fingerprint density at radius 2 is 1.50 bits per heavy atom.